The van der Waals surface area contributed by atoms with E-state index >= 15 is 0 Å². The van der Waals surface area contributed by atoms with Gasteiger partial charge in [-0.15, -0.1) is 11.6 Å². The molecule has 0 saturated heterocycles. The molecule has 0 nitrogen and oxygen atoms in total. The number of hydrogen-bond donors (Lipinski definition) is 0. The van der Waals surface area contributed by atoms with Gasteiger partial charge in [0, 0.05) is 16.7 Å². The highest BCUT2D eigenvalue weighted by atomic mass is 35.5. The van der Waals surface area contributed by atoms with Crippen LogP contribution in [0.2, 0.25) is 0 Å². The molecule has 4 heteroatoms. The first-order chi connectivity index (χ1) is 8.15. The van der Waals surface area contributed by atoms with Crippen molar-refractivity contribution in [3.05, 3.63) is 59.4 Å². The summed E-state index contributed by atoms with van der Waals surface area (Å²) in [4.78, 5) is 0. The molecule has 0 aliphatic heterocycles. The molecule has 0 fully saturated rings. The van der Waals surface area contributed by atoms with Gasteiger partial charge >= 0.3 is 0 Å². The average Bonchev–Trinajstić information content (AvgIpc) is 2.33. The Kier molecular flexibility index (Phi) is 3.38. The van der Waals surface area contributed by atoms with Crippen molar-refractivity contribution in [1.29, 1.82) is 0 Å². The number of halogens is 4. The molecule has 0 radical (unpaired) electrons. The molecule has 0 heterocycles. The van der Waals surface area contributed by atoms with Gasteiger partial charge in [-0.25, -0.2) is 13.2 Å². The van der Waals surface area contributed by atoms with E-state index in [0.29, 0.717) is 0 Å². The molecule has 2 aromatic rings. The quantitative estimate of drug-likeness (QED) is 0.694. The summed E-state index contributed by atoms with van der Waals surface area (Å²) < 4.78 is 40.5. The maximum absolute atomic E-state index is 13.9. The van der Waals surface area contributed by atoms with Crippen LogP contribution in [-0.4, -0.2) is 0 Å². The van der Waals surface area contributed by atoms with E-state index in [1.54, 1.807) is 6.07 Å². The minimum Gasteiger partial charge on any atom is -0.206 e. The van der Waals surface area contributed by atoms with E-state index in [2.05, 4.69) is 0 Å². The second-order valence-electron chi connectivity index (χ2n) is 3.51. The summed E-state index contributed by atoms with van der Waals surface area (Å²) in [5.41, 5.74) is 0.169. The van der Waals surface area contributed by atoms with Gasteiger partial charge in [0.25, 0.3) is 0 Å². The zero-order valence-electron chi connectivity index (χ0n) is 8.68. The Morgan fingerprint density at radius 3 is 2.06 bits per heavy atom. The van der Waals surface area contributed by atoms with E-state index in [0.717, 1.165) is 6.07 Å². The van der Waals surface area contributed by atoms with Crippen molar-refractivity contribution in [3.63, 3.8) is 0 Å². The third-order valence-corrected chi connectivity index (χ3v) is 2.75. The van der Waals surface area contributed by atoms with Crippen LogP contribution in [0.3, 0.4) is 0 Å². The molecule has 0 aromatic heterocycles. The van der Waals surface area contributed by atoms with Gasteiger partial charge < -0.3 is 0 Å². The summed E-state index contributed by atoms with van der Waals surface area (Å²) in [6.07, 6.45) is 0. The van der Waals surface area contributed by atoms with E-state index in [4.69, 9.17) is 11.6 Å². The fourth-order valence-corrected chi connectivity index (χ4v) is 1.81. The average molecular weight is 257 g/mol. The van der Waals surface area contributed by atoms with Crippen LogP contribution in [0.25, 0.3) is 11.1 Å². The Morgan fingerprint density at radius 2 is 1.41 bits per heavy atom. The van der Waals surface area contributed by atoms with Gasteiger partial charge in [0.15, 0.2) is 11.6 Å². The third kappa shape index (κ3) is 2.15. The smallest absolute Gasteiger partial charge is 0.166 e. The van der Waals surface area contributed by atoms with Crippen molar-refractivity contribution in [2.24, 2.45) is 0 Å². The van der Waals surface area contributed by atoms with E-state index < -0.39 is 17.5 Å². The van der Waals surface area contributed by atoms with E-state index in [1.165, 1.54) is 24.3 Å². The zero-order chi connectivity index (χ0) is 12.4. The second-order valence-corrected chi connectivity index (χ2v) is 3.78. The van der Waals surface area contributed by atoms with Crippen LogP contribution in [0, 0.1) is 17.5 Å². The van der Waals surface area contributed by atoms with Crippen LogP contribution in [0.5, 0.6) is 0 Å². The summed E-state index contributed by atoms with van der Waals surface area (Å²) in [5, 5.41) is 0. The fraction of sp³-hybridized carbons (Fsp3) is 0.0769. The molecule has 2 rings (SSSR count). The van der Waals surface area contributed by atoms with Crippen molar-refractivity contribution in [3.8, 4) is 11.1 Å². The van der Waals surface area contributed by atoms with E-state index in [1.807, 2.05) is 0 Å². The first kappa shape index (κ1) is 12.0. The van der Waals surface area contributed by atoms with Crippen LogP contribution in [0.4, 0.5) is 13.2 Å². The Labute approximate surface area is 102 Å². The largest absolute Gasteiger partial charge is 0.206 e. The van der Waals surface area contributed by atoms with Crippen LogP contribution in [-0.2, 0) is 5.88 Å². The summed E-state index contributed by atoms with van der Waals surface area (Å²) >= 11 is 5.55. The normalized spacial score (nSPS) is 10.6. The molecule has 0 bridgehead atoms. The highest BCUT2D eigenvalue weighted by Crippen LogP contribution is 2.28. The van der Waals surface area contributed by atoms with Gasteiger partial charge in [-0.1, -0.05) is 30.3 Å². The zero-order valence-corrected chi connectivity index (χ0v) is 9.44. The number of rotatable bonds is 2. The summed E-state index contributed by atoms with van der Waals surface area (Å²) in [6.45, 7) is 0. The molecule has 0 atom stereocenters. The molecular formula is C13H8ClF3. The van der Waals surface area contributed by atoms with Gasteiger partial charge in [0.05, 0.1) is 5.88 Å². The molecule has 0 spiro atoms. The third-order valence-electron chi connectivity index (χ3n) is 2.46. The molecular weight excluding hydrogens is 249 g/mol. The number of alkyl halides is 1. The van der Waals surface area contributed by atoms with E-state index in [-0.39, 0.29) is 22.6 Å². The first-order valence-corrected chi connectivity index (χ1v) is 5.46. The Balaban J connectivity index is 2.65. The summed E-state index contributed by atoms with van der Waals surface area (Å²) in [7, 11) is 0. The molecule has 0 unspecified atom stereocenters. The lowest BCUT2D eigenvalue weighted by Gasteiger charge is -2.08. The lowest BCUT2D eigenvalue weighted by Crippen LogP contribution is -1.95. The molecule has 0 amide bonds. The van der Waals surface area contributed by atoms with E-state index in [9.17, 15) is 13.2 Å². The number of benzene rings is 2. The number of hydrogen-bond acceptors (Lipinski definition) is 0. The lowest BCUT2D eigenvalue weighted by atomic mass is 10.0. The molecule has 88 valence electrons. The minimum atomic E-state index is -1.06. The van der Waals surface area contributed by atoms with Gasteiger partial charge in [0.2, 0.25) is 0 Å². The molecule has 0 aliphatic rings. The molecule has 17 heavy (non-hydrogen) atoms. The van der Waals surface area contributed by atoms with Crippen molar-refractivity contribution < 1.29 is 13.2 Å². The minimum absolute atomic E-state index is 0.0140. The highest BCUT2D eigenvalue weighted by molar-refractivity contribution is 6.17. The highest BCUT2D eigenvalue weighted by Gasteiger charge is 2.15. The predicted molar refractivity (Wildman–Crippen MR) is 61.3 cm³/mol. The Hall–Kier alpha value is -1.48. The standard InChI is InChI=1S/C13H8ClF3/c14-7-8-3-1-4-9(12(8)16)10-5-2-6-11(15)13(10)17/h1-6H,7H2. The summed E-state index contributed by atoms with van der Waals surface area (Å²) in [5.74, 6) is -2.69. The van der Waals surface area contributed by atoms with Crippen molar-refractivity contribution in [2.45, 2.75) is 5.88 Å². The van der Waals surface area contributed by atoms with Gasteiger partial charge in [-0.3, -0.25) is 0 Å². The van der Waals surface area contributed by atoms with Crippen LogP contribution in [0.1, 0.15) is 5.56 Å². The van der Waals surface area contributed by atoms with Gasteiger partial charge in [0.1, 0.15) is 5.82 Å². The maximum atomic E-state index is 13.9. The summed E-state index contributed by atoms with van der Waals surface area (Å²) in [6, 6.07) is 8.10. The monoisotopic (exact) mass is 256 g/mol. The molecule has 0 saturated carbocycles. The molecule has 0 N–H and O–H groups in total. The van der Waals surface area contributed by atoms with Crippen molar-refractivity contribution in [2.75, 3.05) is 0 Å². The fourth-order valence-electron chi connectivity index (χ4n) is 1.60. The topological polar surface area (TPSA) is 0 Å². The molecule has 0 aliphatic carbocycles. The molecule has 2 aromatic carbocycles. The first-order valence-electron chi connectivity index (χ1n) is 4.93. The van der Waals surface area contributed by atoms with Crippen molar-refractivity contribution in [1.82, 2.24) is 0 Å². The van der Waals surface area contributed by atoms with Crippen molar-refractivity contribution >= 4 is 11.6 Å². The van der Waals surface area contributed by atoms with Crippen LogP contribution in [0.15, 0.2) is 36.4 Å². The van der Waals surface area contributed by atoms with Crippen LogP contribution >= 0.6 is 11.6 Å². The Morgan fingerprint density at radius 1 is 0.824 bits per heavy atom. The lowest BCUT2D eigenvalue weighted by molar-refractivity contribution is 0.510. The van der Waals surface area contributed by atoms with Gasteiger partial charge in [-0.05, 0) is 6.07 Å². The predicted octanol–water partition coefficient (Wildman–Crippen LogP) is 4.51. The van der Waals surface area contributed by atoms with Crippen LogP contribution < -0.4 is 0 Å². The Bertz CT molecular complexity index is 552. The second kappa shape index (κ2) is 4.80. The maximum Gasteiger partial charge on any atom is 0.166 e. The SMILES string of the molecule is Fc1cccc(-c2cccc(CCl)c2F)c1F. The van der Waals surface area contributed by atoms with Gasteiger partial charge in [-0.2, -0.15) is 0 Å².